The fourth-order valence-electron chi connectivity index (χ4n) is 1.77. The van der Waals surface area contributed by atoms with Crippen molar-refractivity contribution < 1.29 is 0 Å². The lowest BCUT2D eigenvalue weighted by molar-refractivity contribution is 1.14. The fourth-order valence-corrected chi connectivity index (χ4v) is 2.22. The summed E-state index contributed by atoms with van der Waals surface area (Å²) >= 11 is 3.54. The SMILES string of the molecule is Brc1c[nH]c2ccc(C3CC3)cc12. The second kappa shape index (κ2) is 2.61. The summed E-state index contributed by atoms with van der Waals surface area (Å²) in [7, 11) is 0. The zero-order chi connectivity index (χ0) is 8.84. The molecule has 1 aromatic heterocycles. The molecule has 2 aromatic rings. The second-order valence-corrected chi connectivity index (χ2v) is 4.57. The largest absolute Gasteiger partial charge is 0.360 e. The van der Waals surface area contributed by atoms with Gasteiger partial charge in [-0.15, -0.1) is 0 Å². The Labute approximate surface area is 85.3 Å². The van der Waals surface area contributed by atoms with Gasteiger partial charge in [0.05, 0.1) is 0 Å². The molecule has 0 amide bonds. The van der Waals surface area contributed by atoms with Gasteiger partial charge in [-0.3, -0.25) is 0 Å². The van der Waals surface area contributed by atoms with E-state index in [4.69, 9.17) is 0 Å². The van der Waals surface area contributed by atoms with Crippen molar-refractivity contribution in [3.63, 3.8) is 0 Å². The van der Waals surface area contributed by atoms with Crippen molar-refractivity contribution in [3.8, 4) is 0 Å². The highest BCUT2D eigenvalue weighted by molar-refractivity contribution is 9.10. The predicted octanol–water partition coefficient (Wildman–Crippen LogP) is 3.81. The van der Waals surface area contributed by atoms with E-state index in [0.717, 1.165) is 5.92 Å². The molecule has 3 rings (SSSR count). The van der Waals surface area contributed by atoms with Crippen molar-refractivity contribution in [2.24, 2.45) is 0 Å². The molecule has 1 aliphatic rings. The average Bonchev–Trinajstić information content (AvgIpc) is 2.93. The van der Waals surface area contributed by atoms with E-state index in [1.807, 2.05) is 6.20 Å². The van der Waals surface area contributed by atoms with Crippen molar-refractivity contribution in [1.29, 1.82) is 0 Å². The number of hydrogen-bond acceptors (Lipinski definition) is 0. The van der Waals surface area contributed by atoms with Gasteiger partial charge in [0.1, 0.15) is 0 Å². The van der Waals surface area contributed by atoms with Crippen LogP contribution in [0.15, 0.2) is 28.9 Å². The van der Waals surface area contributed by atoms with Crippen LogP contribution >= 0.6 is 15.9 Å². The third-order valence-corrected chi connectivity index (χ3v) is 3.36. The van der Waals surface area contributed by atoms with Crippen LogP contribution in [-0.2, 0) is 0 Å². The molecule has 1 fully saturated rings. The van der Waals surface area contributed by atoms with E-state index in [2.05, 4.69) is 39.1 Å². The number of H-pyrrole nitrogens is 1. The summed E-state index contributed by atoms with van der Waals surface area (Å²) in [5, 5.41) is 1.31. The summed E-state index contributed by atoms with van der Waals surface area (Å²) in [4.78, 5) is 3.23. The van der Waals surface area contributed by atoms with Crippen LogP contribution in [0.25, 0.3) is 10.9 Å². The minimum absolute atomic E-state index is 0.839. The quantitative estimate of drug-likeness (QED) is 0.774. The van der Waals surface area contributed by atoms with Crippen molar-refractivity contribution >= 4 is 26.8 Å². The molecule has 1 saturated carbocycles. The highest BCUT2D eigenvalue weighted by Crippen LogP contribution is 2.41. The van der Waals surface area contributed by atoms with Crippen molar-refractivity contribution in [2.45, 2.75) is 18.8 Å². The number of fused-ring (bicyclic) bond motifs is 1. The lowest BCUT2D eigenvalue weighted by atomic mass is 10.1. The second-order valence-electron chi connectivity index (χ2n) is 3.72. The van der Waals surface area contributed by atoms with Gasteiger partial charge in [0.25, 0.3) is 0 Å². The molecule has 0 bridgehead atoms. The maximum atomic E-state index is 3.54. The third kappa shape index (κ3) is 1.20. The lowest BCUT2D eigenvalue weighted by Crippen LogP contribution is -1.77. The van der Waals surface area contributed by atoms with E-state index in [0.29, 0.717) is 0 Å². The van der Waals surface area contributed by atoms with Crippen LogP contribution in [0.4, 0.5) is 0 Å². The molecule has 1 nitrogen and oxygen atoms in total. The van der Waals surface area contributed by atoms with E-state index in [1.165, 1.54) is 33.8 Å². The summed E-state index contributed by atoms with van der Waals surface area (Å²) < 4.78 is 1.17. The molecule has 0 atom stereocenters. The summed E-state index contributed by atoms with van der Waals surface area (Å²) in [5.74, 6) is 0.839. The number of halogens is 1. The first-order valence-corrected chi connectivity index (χ1v) is 5.40. The molecule has 1 heterocycles. The van der Waals surface area contributed by atoms with Crippen LogP contribution in [0.2, 0.25) is 0 Å². The Hall–Kier alpha value is -0.760. The van der Waals surface area contributed by atoms with Crippen LogP contribution in [0.5, 0.6) is 0 Å². The molecule has 0 aliphatic heterocycles. The Morgan fingerprint density at radius 2 is 2.15 bits per heavy atom. The van der Waals surface area contributed by atoms with E-state index < -0.39 is 0 Å². The topological polar surface area (TPSA) is 15.8 Å². The first-order valence-electron chi connectivity index (χ1n) is 4.61. The number of aromatic amines is 1. The Balaban J connectivity index is 2.24. The van der Waals surface area contributed by atoms with E-state index in [1.54, 1.807) is 0 Å². The van der Waals surface area contributed by atoms with Crippen molar-refractivity contribution in [3.05, 3.63) is 34.4 Å². The Morgan fingerprint density at radius 1 is 1.31 bits per heavy atom. The minimum Gasteiger partial charge on any atom is -0.360 e. The zero-order valence-corrected chi connectivity index (χ0v) is 8.76. The van der Waals surface area contributed by atoms with Gasteiger partial charge in [0.15, 0.2) is 0 Å². The first kappa shape index (κ1) is 7.63. The van der Waals surface area contributed by atoms with Gasteiger partial charge >= 0.3 is 0 Å². The molecular formula is C11H10BrN. The minimum atomic E-state index is 0.839. The van der Waals surface area contributed by atoms with Gasteiger partial charge < -0.3 is 4.98 Å². The summed E-state index contributed by atoms with van der Waals surface area (Å²) in [6.07, 6.45) is 4.74. The van der Waals surface area contributed by atoms with E-state index in [9.17, 15) is 0 Å². The van der Waals surface area contributed by atoms with Gasteiger partial charge in [-0.05, 0) is 52.4 Å². The van der Waals surface area contributed by atoms with Gasteiger partial charge in [0.2, 0.25) is 0 Å². The van der Waals surface area contributed by atoms with E-state index >= 15 is 0 Å². The van der Waals surface area contributed by atoms with Crippen LogP contribution < -0.4 is 0 Å². The van der Waals surface area contributed by atoms with Gasteiger partial charge in [-0.2, -0.15) is 0 Å². The molecule has 2 heteroatoms. The molecule has 0 unspecified atom stereocenters. The highest BCUT2D eigenvalue weighted by Gasteiger charge is 2.23. The molecule has 0 radical (unpaired) electrons. The molecule has 1 aromatic carbocycles. The summed E-state index contributed by atoms with van der Waals surface area (Å²) in [5.41, 5.74) is 2.71. The molecule has 1 N–H and O–H groups in total. The number of rotatable bonds is 1. The first-order chi connectivity index (χ1) is 6.34. The molecule has 13 heavy (non-hydrogen) atoms. The third-order valence-electron chi connectivity index (χ3n) is 2.70. The van der Waals surface area contributed by atoms with Crippen molar-refractivity contribution in [2.75, 3.05) is 0 Å². The number of nitrogens with one attached hydrogen (secondary N) is 1. The molecule has 66 valence electrons. The van der Waals surface area contributed by atoms with Crippen LogP contribution in [0.3, 0.4) is 0 Å². The van der Waals surface area contributed by atoms with Crippen LogP contribution in [0.1, 0.15) is 24.3 Å². The predicted molar refractivity (Wildman–Crippen MR) is 58.0 cm³/mol. The van der Waals surface area contributed by atoms with Crippen LogP contribution in [0, 0.1) is 0 Å². The Bertz CT molecular complexity index is 454. The summed E-state index contributed by atoms with van der Waals surface area (Å²) in [6, 6.07) is 6.71. The average molecular weight is 236 g/mol. The maximum absolute atomic E-state index is 3.54. The Morgan fingerprint density at radius 3 is 2.92 bits per heavy atom. The normalized spacial score (nSPS) is 16.7. The zero-order valence-electron chi connectivity index (χ0n) is 7.18. The molecule has 0 spiro atoms. The lowest BCUT2D eigenvalue weighted by Gasteiger charge is -1.97. The highest BCUT2D eigenvalue weighted by atomic mass is 79.9. The summed E-state index contributed by atoms with van der Waals surface area (Å²) in [6.45, 7) is 0. The number of aromatic nitrogens is 1. The number of hydrogen-bond donors (Lipinski definition) is 1. The van der Waals surface area contributed by atoms with Crippen LogP contribution in [-0.4, -0.2) is 4.98 Å². The maximum Gasteiger partial charge on any atom is 0.0465 e. The van der Waals surface area contributed by atoms with Gasteiger partial charge in [-0.25, -0.2) is 0 Å². The smallest absolute Gasteiger partial charge is 0.0465 e. The number of benzene rings is 1. The molecule has 1 aliphatic carbocycles. The van der Waals surface area contributed by atoms with E-state index in [-0.39, 0.29) is 0 Å². The standard InChI is InChI=1S/C11H10BrN/c12-10-6-13-11-4-3-8(5-9(10)11)7-1-2-7/h3-7,13H,1-2H2. The molecule has 0 saturated heterocycles. The Kier molecular flexibility index (Phi) is 1.53. The van der Waals surface area contributed by atoms with Crippen molar-refractivity contribution in [1.82, 2.24) is 4.98 Å². The fraction of sp³-hybridized carbons (Fsp3) is 0.273. The van der Waals surface area contributed by atoms with Gasteiger partial charge in [0, 0.05) is 21.6 Å². The van der Waals surface area contributed by atoms with Gasteiger partial charge in [-0.1, -0.05) is 6.07 Å². The monoisotopic (exact) mass is 235 g/mol. The molecular weight excluding hydrogens is 226 g/mol.